The number of amides is 1. The maximum Gasteiger partial charge on any atom is 0.241 e. The molecule has 1 rings (SSSR count). The molecule has 0 spiro atoms. The number of hydrogen-bond donors (Lipinski definition) is 5. The lowest BCUT2D eigenvalue weighted by Gasteiger charge is -2.28. The Hall–Kier alpha value is -1.52. The fourth-order valence-electron chi connectivity index (χ4n) is 1.51. The monoisotopic (exact) mass is 318 g/mol. The van der Waals surface area contributed by atoms with Gasteiger partial charge in [0.25, 0.3) is 0 Å². The summed E-state index contributed by atoms with van der Waals surface area (Å²) < 4.78 is 26.3. The normalized spacial score (nSPS) is 12.2. The van der Waals surface area contributed by atoms with Crippen molar-refractivity contribution in [2.24, 2.45) is 0 Å². The fraction of sp³-hybridized carbons (Fsp3) is 0.417. The van der Waals surface area contributed by atoms with E-state index >= 15 is 0 Å². The Morgan fingerprint density at radius 2 is 1.57 bits per heavy atom. The van der Waals surface area contributed by atoms with Crippen LogP contribution in [0.5, 0.6) is 0 Å². The van der Waals surface area contributed by atoms with Crippen LogP contribution in [0.25, 0.3) is 0 Å². The van der Waals surface area contributed by atoms with Crippen LogP contribution in [0.1, 0.15) is 6.92 Å². The Morgan fingerprint density at radius 1 is 1.10 bits per heavy atom. The smallest absolute Gasteiger partial charge is 0.241 e. The largest absolute Gasteiger partial charge is 0.394 e. The average molecular weight is 318 g/mol. The summed E-state index contributed by atoms with van der Waals surface area (Å²) in [4.78, 5) is 10.7. The van der Waals surface area contributed by atoms with Gasteiger partial charge in [0, 0.05) is 12.6 Å². The van der Waals surface area contributed by atoms with Gasteiger partial charge in [-0.25, -0.2) is 8.42 Å². The Labute approximate surface area is 122 Å². The third-order valence-electron chi connectivity index (χ3n) is 2.74. The van der Waals surface area contributed by atoms with Gasteiger partial charge in [0.2, 0.25) is 15.9 Å². The highest BCUT2D eigenvalue weighted by atomic mass is 32.2. The lowest BCUT2D eigenvalue weighted by atomic mass is 10.1. The molecule has 0 radical (unpaired) electrons. The van der Waals surface area contributed by atoms with E-state index in [2.05, 4.69) is 10.0 Å². The van der Waals surface area contributed by atoms with Crippen LogP contribution in [0.2, 0.25) is 0 Å². The first-order chi connectivity index (χ1) is 9.78. The number of aliphatic hydroxyl groups is 3. The SMILES string of the molecule is CC(=O)Nc1ccc(S(=O)(=O)NC(CO)(CO)CO)cc1. The van der Waals surface area contributed by atoms with Crippen LogP contribution in [0.4, 0.5) is 5.69 Å². The van der Waals surface area contributed by atoms with Gasteiger partial charge in [-0.3, -0.25) is 4.79 Å². The summed E-state index contributed by atoms with van der Waals surface area (Å²) in [5, 5.41) is 29.9. The van der Waals surface area contributed by atoms with Crippen LogP contribution in [-0.2, 0) is 14.8 Å². The maximum absolute atomic E-state index is 12.1. The predicted molar refractivity (Wildman–Crippen MR) is 75.1 cm³/mol. The minimum Gasteiger partial charge on any atom is -0.394 e. The van der Waals surface area contributed by atoms with Crippen molar-refractivity contribution in [1.29, 1.82) is 0 Å². The van der Waals surface area contributed by atoms with E-state index in [1.807, 2.05) is 0 Å². The molecule has 0 atom stereocenters. The quantitative estimate of drug-likeness (QED) is 0.421. The Morgan fingerprint density at radius 3 is 1.95 bits per heavy atom. The molecular weight excluding hydrogens is 300 g/mol. The standard InChI is InChI=1S/C12H18N2O6S/c1-9(18)13-10-2-4-11(5-3-10)21(19,20)14-12(6-15,7-16)8-17/h2-5,14-17H,6-8H2,1H3,(H,13,18). The van der Waals surface area contributed by atoms with Crippen molar-refractivity contribution in [3.63, 3.8) is 0 Å². The molecular formula is C12H18N2O6S. The number of hydrogen-bond acceptors (Lipinski definition) is 6. The second-order valence-electron chi connectivity index (χ2n) is 4.57. The number of rotatable bonds is 7. The zero-order valence-electron chi connectivity index (χ0n) is 11.4. The topological polar surface area (TPSA) is 136 Å². The predicted octanol–water partition coefficient (Wildman–Crippen LogP) is -1.36. The summed E-state index contributed by atoms with van der Waals surface area (Å²) >= 11 is 0. The summed E-state index contributed by atoms with van der Waals surface area (Å²) in [7, 11) is -4.04. The van der Waals surface area contributed by atoms with Crippen molar-refractivity contribution >= 4 is 21.6 Å². The maximum atomic E-state index is 12.1. The highest BCUT2D eigenvalue weighted by molar-refractivity contribution is 7.89. The molecule has 0 saturated carbocycles. The van der Waals surface area contributed by atoms with Crippen LogP contribution in [-0.4, -0.2) is 55.0 Å². The van der Waals surface area contributed by atoms with Gasteiger partial charge in [0.15, 0.2) is 0 Å². The van der Waals surface area contributed by atoms with E-state index in [9.17, 15) is 13.2 Å². The first-order valence-electron chi connectivity index (χ1n) is 6.03. The minimum atomic E-state index is -4.04. The molecule has 1 aromatic carbocycles. The number of aliphatic hydroxyl groups excluding tert-OH is 3. The first kappa shape index (κ1) is 17.5. The van der Waals surface area contributed by atoms with Crippen molar-refractivity contribution in [2.75, 3.05) is 25.1 Å². The second-order valence-corrected chi connectivity index (χ2v) is 6.25. The van der Waals surface area contributed by atoms with Gasteiger partial charge in [-0.1, -0.05) is 0 Å². The van der Waals surface area contributed by atoms with Crippen LogP contribution in [0, 0.1) is 0 Å². The van der Waals surface area contributed by atoms with Gasteiger partial charge in [-0.2, -0.15) is 4.72 Å². The van der Waals surface area contributed by atoms with Crippen molar-refractivity contribution in [3.05, 3.63) is 24.3 Å². The molecule has 9 heteroatoms. The number of benzene rings is 1. The van der Waals surface area contributed by atoms with E-state index in [0.29, 0.717) is 5.69 Å². The minimum absolute atomic E-state index is 0.128. The molecule has 118 valence electrons. The fourth-order valence-corrected chi connectivity index (χ4v) is 2.89. The Balaban J connectivity index is 3.00. The van der Waals surface area contributed by atoms with Crippen LogP contribution in [0.15, 0.2) is 29.2 Å². The highest BCUT2D eigenvalue weighted by Crippen LogP contribution is 2.16. The van der Waals surface area contributed by atoms with Gasteiger partial charge in [0.05, 0.1) is 24.7 Å². The van der Waals surface area contributed by atoms with Crippen molar-refractivity contribution in [3.8, 4) is 0 Å². The lowest BCUT2D eigenvalue weighted by molar-refractivity contribution is -0.114. The van der Waals surface area contributed by atoms with E-state index in [0.717, 1.165) is 0 Å². The van der Waals surface area contributed by atoms with Gasteiger partial charge in [-0.15, -0.1) is 0 Å². The first-order valence-corrected chi connectivity index (χ1v) is 7.51. The van der Waals surface area contributed by atoms with Crippen LogP contribution >= 0.6 is 0 Å². The molecule has 8 nitrogen and oxygen atoms in total. The summed E-state index contributed by atoms with van der Waals surface area (Å²) in [5.41, 5.74) is -1.31. The summed E-state index contributed by atoms with van der Waals surface area (Å²) in [6.45, 7) is -0.958. The molecule has 0 fully saturated rings. The van der Waals surface area contributed by atoms with Crippen molar-refractivity contribution < 1.29 is 28.5 Å². The zero-order chi connectivity index (χ0) is 16.1. The third-order valence-corrected chi connectivity index (χ3v) is 4.34. The molecule has 21 heavy (non-hydrogen) atoms. The van der Waals surface area contributed by atoms with E-state index in [1.165, 1.54) is 31.2 Å². The third kappa shape index (κ3) is 4.48. The summed E-state index contributed by atoms with van der Waals surface area (Å²) in [6, 6.07) is 5.30. The molecule has 0 heterocycles. The number of nitrogens with one attached hydrogen (secondary N) is 2. The average Bonchev–Trinajstić information content (AvgIpc) is 2.45. The number of carbonyl (C=O) groups is 1. The molecule has 1 aromatic rings. The Kier molecular flexibility index (Phi) is 5.81. The molecule has 0 aliphatic heterocycles. The summed E-state index contributed by atoms with van der Waals surface area (Å²) in [5.74, 6) is -0.288. The van der Waals surface area contributed by atoms with Crippen molar-refractivity contribution in [1.82, 2.24) is 4.72 Å². The van der Waals surface area contributed by atoms with E-state index in [-0.39, 0.29) is 10.8 Å². The van der Waals surface area contributed by atoms with Gasteiger partial charge in [-0.05, 0) is 24.3 Å². The highest BCUT2D eigenvalue weighted by Gasteiger charge is 2.33. The van der Waals surface area contributed by atoms with Crippen LogP contribution in [0.3, 0.4) is 0 Å². The lowest BCUT2D eigenvalue weighted by Crippen LogP contribution is -2.56. The number of carbonyl (C=O) groups excluding carboxylic acids is 1. The number of anilines is 1. The molecule has 5 N–H and O–H groups in total. The molecule has 0 bridgehead atoms. The Bertz CT molecular complexity index is 572. The second kappa shape index (κ2) is 6.96. The van der Waals surface area contributed by atoms with E-state index in [4.69, 9.17) is 15.3 Å². The number of sulfonamides is 1. The van der Waals surface area contributed by atoms with Gasteiger partial charge < -0.3 is 20.6 Å². The van der Waals surface area contributed by atoms with Gasteiger partial charge >= 0.3 is 0 Å². The molecule has 0 aliphatic carbocycles. The molecule has 0 aliphatic rings. The van der Waals surface area contributed by atoms with E-state index in [1.54, 1.807) is 0 Å². The molecule has 0 saturated heterocycles. The summed E-state index contributed by atoms with van der Waals surface area (Å²) in [6.07, 6.45) is 0. The molecule has 0 aromatic heterocycles. The molecule has 1 amide bonds. The van der Waals surface area contributed by atoms with Crippen molar-refractivity contribution in [2.45, 2.75) is 17.4 Å². The zero-order valence-corrected chi connectivity index (χ0v) is 12.2. The molecule has 0 unspecified atom stereocenters. The van der Waals surface area contributed by atoms with E-state index < -0.39 is 35.4 Å². The van der Waals surface area contributed by atoms with Crippen LogP contribution < -0.4 is 10.0 Å². The van der Waals surface area contributed by atoms with Gasteiger partial charge in [0.1, 0.15) is 5.54 Å².